The van der Waals surface area contributed by atoms with Crippen molar-refractivity contribution in [3.05, 3.63) is 29.8 Å². The SMILES string of the molecule is COc1ccc(CC(N)C2C3C4CCC(C4)C23)cc1. The number of benzene rings is 1. The van der Waals surface area contributed by atoms with Crippen LogP contribution in [-0.2, 0) is 6.42 Å². The Bertz CT molecular complexity index is 453. The average molecular weight is 257 g/mol. The van der Waals surface area contributed by atoms with Gasteiger partial charge in [-0.1, -0.05) is 12.1 Å². The predicted molar refractivity (Wildman–Crippen MR) is 76.0 cm³/mol. The molecule has 0 heterocycles. The molecule has 2 bridgehead atoms. The second kappa shape index (κ2) is 4.24. The third-order valence-electron chi connectivity index (χ3n) is 5.92. The maximum atomic E-state index is 6.49. The highest BCUT2D eigenvalue weighted by Gasteiger charge is 2.65. The molecule has 3 aliphatic carbocycles. The van der Waals surface area contributed by atoms with Crippen molar-refractivity contribution in [1.82, 2.24) is 0 Å². The van der Waals surface area contributed by atoms with E-state index in [9.17, 15) is 0 Å². The van der Waals surface area contributed by atoms with Crippen molar-refractivity contribution >= 4 is 0 Å². The van der Waals surface area contributed by atoms with E-state index in [1.54, 1.807) is 7.11 Å². The van der Waals surface area contributed by atoms with Crippen LogP contribution >= 0.6 is 0 Å². The molecule has 2 heteroatoms. The number of methoxy groups -OCH3 is 1. The monoisotopic (exact) mass is 257 g/mol. The molecule has 3 aliphatic rings. The summed E-state index contributed by atoms with van der Waals surface area (Å²) in [5, 5.41) is 0. The van der Waals surface area contributed by atoms with Crippen LogP contribution in [0.1, 0.15) is 24.8 Å². The van der Waals surface area contributed by atoms with Crippen molar-refractivity contribution in [1.29, 1.82) is 0 Å². The molecule has 5 unspecified atom stereocenters. The molecular weight excluding hydrogens is 234 g/mol. The summed E-state index contributed by atoms with van der Waals surface area (Å²) < 4.78 is 5.20. The fraction of sp³-hybridized carbons (Fsp3) is 0.647. The number of hydrogen-bond acceptors (Lipinski definition) is 2. The molecule has 0 amide bonds. The van der Waals surface area contributed by atoms with E-state index >= 15 is 0 Å². The van der Waals surface area contributed by atoms with Crippen molar-refractivity contribution < 1.29 is 4.74 Å². The number of nitrogens with two attached hydrogens (primary N) is 1. The highest BCUT2D eigenvalue weighted by molar-refractivity contribution is 5.28. The number of hydrogen-bond donors (Lipinski definition) is 1. The first kappa shape index (κ1) is 11.8. The number of fused-ring (bicyclic) bond motifs is 5. The van der Waals surface area contributed by atoms with Crippen molar-refractivity contribution in [2.45, 2.75) is 31.7 Å². The Morgan fingerprint density at radius 2 is 1.79 bits per heavy atom. The summed E-state index contributed by atoms with van der Waals surface area (Å²) in [4.78, 5) is 0. The largest absolute Gasteiger partial charge is 0.497 e. The van der Waals surface area contributed by atoms with Gasteiger partial charge < -0.3 is 10.5 Å². The first-order chi connectivity index (χ1) is 9.28. The third kappa shape index (κ3) is 1.80. The fourth-order valence-corrected chi connectivity index (χ4v) is 5.13. The highest BCUT2D eigenvalue weighted by atomic mass is 16.5. The van der Waals surface area contributed by atoms with Gasteiger partial charge >= 0.3 is 0 Å². The molecule has 0 spiro atoms. The van der Waals surface area contributed by atoms with Crippen molar-refractivity contribution in [3.8, 4) is 5.75 Å². The second-order valence-electron chi connectivity index (χ2n) is 6.78. The van der Waals surface area contributed by atoms with Gasteiger partial charge in [-0.05, 0) is 73.0 Å². The van der Waals surface area contributed by atoms with E-state index in [1.807, 2.05) is 12.1 Å². The van der Waals surface area contributed by atoms with Crippen LogP contribution in [0.5, 0.6) is 5.75 Å². The summed E-state index contributed by atoms with van der Waals surface area (Å²) in [6, 6.07) is 8.77. The topological polar surface area (TPSA) is 35.2 Å². The molecule has 0 radical (unpaired) electrons. The Morgan fingerprint density at radius 3 is 2.37 bits per heavy atom. The normalized spacial score (nSPS) is 40.0. The molecule has 19 heavy (non-hydrogen) atoms. The second-order valence-corrected chi connectivity index (χ2v) is 6.78. The summed E-state index contributed by atoms with van der Waals surface area (Å²) in [7, 11) is 1.71. The van der Waals surface area contributed by atoms with E-state index in [2.05, 4.69) is 12.1 Å². The zero-order chi connectivity index (χ0) is 13.0. The van der Waals surface area contributed by atoms with Crippen molar-refractivity contribution in [3.63, 3.8) is 0 Å². The minimum absolute atomic E-state index is 0.367. The molecule has 2 N–H and O–H groups in total. The van der Waals surface area contributed by atoms with Gasteiger partial charge in [0.05, 0.1) is 7.11 Å². The molecule has 3 fully saturated rings. The predicted octanol–water partition coefficient (Wildman–Crippen LogP) is 2.86. The van der Waals surface area contributed by atoms with Crippen LogP contribution in [0.25, 0.3) is 0 Å². The molecule has 0 aliphatic heterocycles. The first-order valence-electron chi connectivity index (χ1n) is 7.66. The quantitative estimate of drug-likeness (QED) is 0.900. The van der Waals surface area contributed by atoms with Crippen LogP contribution in [0.4, 0.5) is 0 Å². The third-order valence-corrected chi connectivity index (χ3v) is 5.92. The van der Waals surface area contributed by atoms with Crippen molar-refractivity contribution in [2.24, 2.45) is 35.3 Å². The summed E-state index contributed by atoms with van der Waals surface area (Å²) >= 11 is 0. The van der Waals surface area contributed by atoms with E-state index in [4.69, 9.17) is 10.5 Å². The zero-order valence-electron chi connectivity index (χ0n) is 11.6. The molecule has 1 aromatic rings. The van der Waals surface area contributed by atoms with Crippen molar-refractivity contribution in [2.75, 3.05) is 7.11 Å². The molecule has 102 valence electrons. The molecule has 5 atom stereocenters. The van der Waals surface area contributed by atoms with E-state index in [0.29, 0.717) is 6.04 Å². The zero-order valence-corrected chi connectivity index (χ0v) is 11.6. The summed E-state index contributed by atoms with van der Waals surface area (Å²) in [5.74, 6) is 5.80. The lowest BCUT2D eigenvalue weighted by Gasteiger charge is -2.16. The van der Waals surface area contributed by atoms with E-state index in [1.165, 1.54) is 24.8 Å². The van der Waals surface area contributed by atoms with Crippen LogP contribution in [0.3, 0.4) is 0 Å². The summed E-state index contributed by atoms with van der Waals surface area (Å²) in [5.41, 5.74) is 7.85. The van der Waals surface area contributed by atoms with Gasteiger partial charge in [0.2, 0.25) is 0 Å². The summed E-state index contributed by atoms with van der Waals surface area (Å²) in [6.07, 6.45) is 5.51. The Morgan fingerprint density at radius 1 is 1.16 bits per heavy atom. The van der Waals surface area contributed by atoms with Gasteiger partial charge in [-0.15, -0.1) is 0 Å². The minimum Gasteiger partial charge on any atom is -0.497 e. The van der Waals surface area contributed by atoms with Crippen LogP contribution in [-0.4, -0.2) is 13.2 Å². The molecule has 4 rings (SSSR count). The molecule has 0 aromatic heterocycles. The maximum absolute atomic E-state index is 6.49. The number of ether oxygens (including phenoxy) is 1. The Labute approximate surface area is 115 Å². The fourth-order valence-electron chi connectivity index (χ4n) is 5.13. The highest BCUT2D eigenvalue weighted by Crippen LogP contribution is 2.70. The summed E-state index contributed by atoms with van der Waals surface area (Å²) in [6.45, 7) is 0. The Hall–Kier alpha value is -1.02. The molecule has 3 saturated carbocycles. The minimum atomic E-state index is 0.367. The van der Waals surface area contributed by atoms with Gasteiger partial charge in [0.15, 0.2) is 0 Å². The number of rotatable bonds is 4. The molecule has 2 nitrogen and oxygen atoms in total. The lowest BCUT2D eigenvalue weighted by atomic mass is 9.94. The van der Waals surface area contributed by atoms with E-state index < -0.39 is 0 Å². The Kier molecular flexibility index (Phi) is 2.63. The van der Waals surface area contributed by atoms with Crippen LogP contribution < -0.4 is 10.5 Å². The van der Waals surface area contributed by atoms with Gasteiger partial charge in [0, 0.05) is 6.04 Å². The molecular formula is C17H23NO. The van der Waals surface area contributed by atoms with Crippen LogP contribution in [0.15, 0.2) is 24.3 Å². The van der Waals surface area contributed by atoms with E-state index in [0.717, 1.165) is 41.8 Å². The standard InChI is InChI=1S/C17H23NO/c1-19-13-6-2-10(3-7-13)8-14(18)17-15-11-4-5-12(9-11)16(15)17/h2-3,6-7,11-12,14-17H,4-5,8-9,18H2,1H3. The van der Waals surface area contributed by atoms with Crippen LogP contribution in [0, 0.1) is 29.6 Å². The average Bonchev–Trinajstić information content (AvgIpc) is 2.89. The van der Waals surface area contributed by atoms with Gasteiger partial charge in [-0.2, -0.15) is 0 Å². The van der Waals surface area contributed by atoms with Gasteiger partial charge in [0.1, 0.15) is 5.75 Å². The van der Waals surface area contributed by atoms with E-state index in [-0.39, 0.29) is 0 Å². The van der Waals surface area contributed by atoms with Gasteiger partial charge in [0.25, 0.3) is 0 Å². The lowest BCUT2D eigenvalue weighted by molar-refractivity contribution is 0.408. The van der Waals surface area contributed by atoms with Gasteiger partial charge in [-0.25, -0.2) is 0 Å². The lowest BCUT2D eigenvalue weighted by Crippen LogP contribution is -2.28. The van der Waals surface area contributed by atoms with Crippen LogP contribution in [0.2, 0.25) is 0 Å². The first-order valence-corrected chi connectivity index (χ1v) is 7.66. The Balaban J connectivity index is 1.41. The molecule has 0 saturated heterocycles. The molecule has 1 aromatic carbocycles. The smallest absolute Gasteiger partial charge is 0.118 e. The van der Waals surface area contributed by atoms with Gasteiger partial charge in [-0.3, -0.25) is 0 Å². The maximum Gasteiger partial charge on any atom is 0.118 e.